The molecule has 0 unspecified atom stereocenters. The molecule has 0 spiro atoms. The zero-order valence-corrected chi connectivity index (χ0v) is 5.12. The molecular formula is C4H8Br+. The molecule has 0 atom stereocenters. The zero-order chi connectivity index (χ0) is 4.28. The Hall–Kier alpha value is 0.350. The third kappa shape index (κ3) is 4.35. The van der Waals surface area contributed by atoms with E-state index >= 15 is 0 Å². The van der Waals surface area contributed by atoms with Crippen LogP contribution in [0.4, 0.5) is 0 Å². The van der Waals surface area contributed by atoms with Crippen LogP contribution in [-0.4, -0.2) is 0 Å². The van der Waals surface area contributed by atoms with E-state index in [4.69, 9.17) is 0 Å². The second-order valence-electron chi connectivity index (χ2n) is 1.37. The minimum Gasteiger partial charge on any atom is -0.0208 e. The fraction of sp³-hybridized carbons (Fsp3) is 0.750. The third-order valence-electron chi connectivity index (χ3n) is 0.252. The van der Waals surface area contributed by atoms with Gasteiger partial charge in [-0.3, -0.25) is 0 Å². The van der Waals surface area contributed by atoms with Crippen LogP contribution >= 0.6 is 15.9 Å². The Morgan fingerprint density at radius 1 is 1.60 bits per heavy atom. The maximum absolute atomic E-state index is 3.19. The zero-order valence-electron chi connectivity index (χ0n) is 3.53. The third-order valence-corrected chi connectivity index (χ3v) is 1.31. The summed E-state index contributed by atoms with van der Waals surface area (Å²) in [5.74, 6) is 0.676. The van der Waals surface area contributed by atoms with Crippen molar-refractivity contribution in [3.05, 3.63) is 5.33 Å². The molecule has 0 amide bonds. The summed E-state index contributed by atoms with van der Waals surface area (Å²) >= 11 is 3.19. The van der Waals surface area contributed by atoms with Crippen molar-refractivity contribution in [2.45, 2.75) is 13.8 Å². The molecule has 0 aliphatic heterocycles. The van der Waals surface area contributed by atoms with Gasteiger partial charge in [0.15, 0.2) is 21.3 Å². The van der Waals surface area contributed by atoms with Gasteiger partial charge < -0.3 is 0 Å². The molecule has 5 heavy (non-hydrogen) atoms. The highest BCUT2D eigenvalue weighted by molar-refractivity contribution is 9.10. The van der Waals surface area contributed by atoms with Crippen LogP contribution in [0.5, 0.6) is 0 Å². The van der Waals surface area contributed by atoms with E-state index in [0.717, 1.165) is 0 Å². The first-order valence-corrected chi connectivity index (χ1v) is 2.62. The van der Waals surface area contributed by atoms with Crippen LogP contribution < -0.4 is 0 Å². The summed E-state index contributed by atoms with van der Waals surface area (Å²) < 4.78 is 0. The van der Waals surface area contributed by atoms with Gasteiger partial charge in [0.2, 0.25) is 0 Å². The normalized spacial score (nSPS) is 8.80. The maximum atomic E-state index is 3.19. The van der Waals surface area contributed by atoms with Crippen LogP contribution in [0.15, 0.2) is 0 Å². The van der Waals surface area contributed by atoms with Crippen molar-refractivity contribution in [2.24, 2.45) is 5.92 Å². The largest absolute Gasteiger partial charge is 0.196 e. The molecule has 0 nitrogen and oxygen atoms in total. The van der Waals surface area contributed by atoms with E-state index in [-0.39, 0.29) is 0 Å². The summed E-state index contributed by atoms with van der Waals surface area (Å²) in [5, 5.41) is 1.98. The Kier molecular flexibility index (Phi) is 2.76. The average Bonchev–Trinajstić information content (AvgIpc) is 1.38. The molecule has 30 valence electrons. The molecular weight excluding hydrogens is 128 g/mol. The van der Waals surface area contributed by atoms with Crippen molar-refractivity contribution in [3.8, 4) is 0 Å². The van der Waals surface area contributed by atoms with E-state index in [2.05, 4.69) is 29.8 Å². The van der Waals surface area contributed by atoms with Gasteiger partial charge in [0.25, 0.3) is 0 Å². The van der Waals surface area contributed by atoms with Gasteiger partial charge in [-0.1, -0.05) is 0 Å². The highest BCUT2D eigenvalue weighted by Gasteiger charge is 1.95. The topological polar surface area (TPSA) is 0 Å². The van der Waals surface area contributed by atoms with Gasteiger partial charge in [-0.05, 0) is 13.8 Å². The quantitative estimate of drug-likeness (QED) is 0.484. The van der Waals surface area contributed by atoms with Gasteiger partial charge in [-0.15, -0.1) is 0 Å². The van der Waals surface area contributed by atoms with E-state index in [1.807, 2.05) is 5.33 Å². The molecule has 0 fully saturated rings. The van der Waals surface area contributed by atoms with Gasteiger partial charge in [0.1, 0.15) is 5.92 Å². The molecule has 0 saturated carbocycles. The van der Waals surface area contributed by atoms with Crippen LogP contribution in [0.2, 0.25) is 0 Å². The van der Waals surface area contributed by atoms with Crippen LogP contribution in [0.1, 0.15) is 13.8 Å². The van der Waals surface area contributed by atoms with Crippen molar-refractivity contribution < 1.29 is 0 Å². The first-order valence-electron chi connectivity index (χ1n) is 1.71. The maximum Gasteiger partial charge on any atom is 0.196 e. The van der Waals surface area contributed by atoms with Crippen molar-refractivity contribution in [1.29, 1.82) is 0 Å². The Bertz CT molecular complexity index is 17.6. The fourth-order valence-electron chi connectivity index (χ4n) is 0. The van der Waals surface area contributed by atoms with Crippen LogP contribution in [0, 0.1) is 11.2 Å². The standard InChI is InChI=1S/C4H8Br/c1-4(2)3-5/h3-4H,1-2H3/q+1. The molecule has 0 rings (SSSR count). The van der Waals surface area contributed by atoms with E-state index in [1.165, 1.54) is 0 Å². The Labute approximate surface area is 41.7 Å². The van der Waals surface area contributed by atoms with E-state index in [9.17, 15) is 0 Å². The highest BCUT2D eigenvalue weighted by atomic mass is 79.9. The van der Waals surface area contributed by atoms with Crippen molar-refractivity contribution in [1.82, 2.24) is 0 Å². The molecule has 0 radical (unpaired) electrons. The van der Waals surface area contributed by atoms with Crippen LogP contribution in [-0.2, 0) is 0 Å². The van der Waals surface area contributed by atoms with Crippen molar-refractivity contribution >= 4 is 15.9 Å². The van der Waals surface area contributed by atoms with Crippen molar-refractivity contribution in [2.75, 3.05) is 0 Å². The fourth-order valence-corrected chi connectivity index (χ4v) is 0. The number of hydrogen-bond acceptors (Lipinski definition) is 0. The van der Waals surface area contributed by atoms with Crippen molar-refractivity contribution in [3.63, 3.8) is 0 Å². The van der Waals surface area contributed by atoms with Gasteiger partial charge in [-0.25, -0.2) is 0 Å². The van der Waals surface area contributed by atoms with Gasteiger partial charge in [-0.2, -0.15) is 0 Å². The number of hydrogen-bond donors (Lipinski definition) is 0. The van der Waals surface area contributed by atoms with Crippen LogP contribution in [0.25, 0.3) is 0 Å². The predicted molar refractivity (Wildman–Crippen MR) is 28.1 cm³/mol. The van der Waals surface area contributed by atoms with E-state index in [0.29, 0.717) is 5.92 Å². The van der Waals surface area contributed by atoms with Gasteiger partial charge in [0, 0.05) is 0 Å². The molecule has 0 saturated heterocycles. The molecule has 0 heterocycles. The summed E-state index contributed by atoms with van der Waals surface area (Å²) in [5.41, 5.74) is 0. The Balaban J connectivity index is 2.54. The summed E-state index contributed by atoms with van der Waals surface area (Å²) in [7, 11) is 0. The Morgan fingerprint density at radius 3 is 1.80 bits per heavy atom. The average molecular weight is 136 g/mol. The second-order valence-corrected chi connectivity index (χ2v) is 1.90. The first-order chi connectivity index (χ1) is 2.27. The molecule has 0 aliphatic rings. The molecule has 1 heteroatoms. The minimum absolute atomic E-state index is 0.676. The molecule has 0 aromatic carbocycles. The second kappa shape index (κ2) is 2.58. The SMILES string of the molecule is CC(C)[CH+]Br. The van der Waals surface area contributed by atoms with Gasteiger partial charge >= 0.3 is 0 Å². The summed E-state index contributed by atoms with van der Waals surface area (Å²) in [4.78, 5) is 0. The lowest BCUT2D eigenvalue weighted by atomic mass is 10.3. The minimum atomic E-state index is 0.676. The molecule has 0 aliphatic carbocycles. The molecule has 0 aromatic heterocycles. The summed E-state index contributed by atoms with van der Waals surface area (Å²) in [6.45, 7) is 4.24. The van der Waals surface area contributed by atoms with E-state index in [1.54, 1.807) is 0 Å². The molecule has 0 bridgehead atoms. The summed E-state index contributed by atoms with van der Waals surface area (Å²) in [6.07, 6.45) is 0. The predicted octanol–water partition coefficient (Wildman–Crippen LogP) is 2.20. The Morgan fingerprint density at radius 2 is 1.80 bits per heavy atom. The lowest BCUT2D eigenvalue weighted by Crippen LogP contribution is -1.75. The number of rotatable bonds is 1. The number of halogens is 1. The van der Waals surface area contributed by atoms with Gasteiger partial charge in [0.05, 0.1) is 0 Å². The lowest BCUT2D eigenvalue weighted by Gasteiger charge is -1.76. The lowest BCUT2D eigenvalue weighted by molar-refractivity contribution is 0.816. The first kappa shape index (κ1) is 5.35. The molecule has 0 aromatic rings. The summed E-state index contributed by atoms with van der Waals surface area (Å²) in [6, 6.07) is 0. The highest BCUT2D eigenvalue weighted by Crippen LogP contribution is 2.01. The van der Waals surface area contributed by atoms with Crippen LogP contribution in [0.3, 0.4) is 0 Å². The van der Waals surface area contributed by atoms with E-state index < -0.39 is 0 Å². The molecule has 0 N–H and O–H groups in total. The monoisotopic (exact) mass is 135 g/mol. The smallest absolute Gasteiger partial charge is 0.0208 e.